The molecule has 1 aliphatic rings. The van der Waals surface area contributed by atoms with Gasteiger partial charge in [-0.05, 0) is 166 Å². The van der Waals surface area contributed by atoms with E-state index in [1.54, 1.807) is 0 Å². The van der Waals surface area contributed by atoms with Gasteiger partial charge in [0.05, 0.1) is 0 Å². The summed E-state index contributed by atoms with van der Waals surface area (Å²) in [5, 5.41) is 10.5. The molecule has 0 aliphatic heterocycles. The second kappa shape index (κ2) is 15.0. The summed E-state index contributed by atoms with van der Waals surface area (Å²) in [6.07, 6.45) is 2.02. The second-order valence-electron chi connectivity index (χ2n) is 19.8. The van der Waals surface area contributed by atoms with Gasteiger partial charge in [0, 0.05) is 38.9 Å². The Kier molecular flexibility index (Phi) is 8.41. The Hall–Kier alpha value is -9.05. The molecule has 3 heteroatoms. The van der Waals surface area contributed by atoms with Gasteiger partial charge in [0.25, 0.3) is 0 Å². The monoisotopic (exact) mass is 905 g/mol. The molecule has 0 saturated heterocycles. The van der Waals surface area contributed by atoms with Crippen molar-refractivity contribution in [2.24, 2.45) is 0 Å². The van der Waals surface area contributed by atoms with E-state index in [1.165, 1.54) is 60.1 Å². The van der Waals surface area contributed by atoms with Crippen molar-refractivity contribution in [2.75, 3.05) is 0 Å². The lowest BCUT2D eigenvalue weighted by Gasteiger charge is -2.22. The molecule has 11 aromatic carbocycles. The first-order valence-corrected chi connectivity index (χ1v) is 24.5. The van der Waals surface area contributed by atoms with Crippen molar-refractivity contribution in [3.63, 3.8) is 0 Å². The summed E-state index contributed by atoms with van der Waals surface area (Å²) in [6.45, 7) is 4.70. The summed E-state index contributed by atoms with van der Waals surface area (Å²) in [6, 6.07) is 79.4. The lowest BCUT2D eigenvalue weighted by atomic mass is 9.81. The molecule has 0 saturated carbocycles. The van der Waals surface area contributed by atoms with Gasteiger partial charge in [-0.1, -0.05) is 166 Å². The topological polar surface area (TPSA) is 39.2 Å². The SMILES string of the molecule is CC1(C)c2ccccc2-c2ccc(-c3cc(-c4cnc5c(c4)oc4cc6c7ccccc7c7ccccc7c6cc45)cc(-c4cc(-c5ccccc5)cc5c4oc4ccc(-c6ccccc6)cc45)c3)cc21. The molecule has 0 atom stereocenters. The van der Waals surface area contributed by atoms with E-state index in [2.05, 4.69) is 232 Å². The number of benzene rings is 11. The van der Waals surface area contributed by atoms with Gasteiger partial charge in [0.1, 0.15) is 22.3 Å². The molecule has 0 spiro atoms. The molecule has 332 valence electrons. The maximum atomic E-state index is 6.98. The van der Waals surface area contributed by atoms with Crippen LogP contribution in [0.3, 0.4) is 0 Å². The largest absolute Gasteiger partial charge is 0.455 e. The first-order chi connectivity index (χ1) is 34.9. The first-order valence-electron chi connectivity index (χ1n) is 24.5. The van der Waals surface area contributed by atoms with Crippen LogP contribution in [0.2, 0.25) is 0 Å². The Bertz CT molecular complexity index is 4540. The van der Waals surface area contributed by atoms with Crippen LogP contribution < -0.4 is 0 Å². The summed E-state index contributed by atoms with van der Waals surface area (Å²) < 4.78 is 13.8. The van der Waals surface area contributed by atoms with Crippen LogP contribution in [0.1, 0.15) is 25.0 Å². The third kappa shape index (κ3) is 6.06. The van der Waals surface area contributed by atoms with Crippen molar-refractivity contribution in [2.45, 2.75) is 19.3 Å². The number of rotatable bonds is 5. The average molecular weight is 906 g/mol. The third-order valence-corrected chi connectivity index (χ3v) is 15.5. The van der Waals surface area contributed by atoms with Crippen molar-refractivity contribution < 1.29 is 8.83 Å². The lowest BCUT2D eigenvalue weighted by Crippen LogP contribution is -2.14. The van der Waals surface area contributed by atoms with Crippen LogP contribution >= 0.6 is 0 Å². The second-order valence-corrected chi connectivity index (χ2v) is 19.8. The highest BCUT2D eigenvalue weighted by atomic mass is 16.3. The van der Waals surface area contributed by atoms with E-state index in [0.717, 1.165) is 94.1 Å². The summed E-state index contributed by atoms with van der Waals surface area (Å²) in [5.74, 6) is 0. The Labute approximate surface area is 409 Å². The highest BCUT2D eigenvalue weighted by Crippen LogP contribution is 2.51. The van der Waals surface area contributed by atoms with Crippen molar-refractivity contribution in [1.82, 2.24) is 4.98 Å². The van der Waals surface area contributed by atoms with Gasteiger partial charge in [0.2, 0.25) is 0 Å². The molecule has 71 heavy (non-hydrogen) atoms. The molecule has 15 rings (SSSR count). The Morgan fingerprint density at radius 2 is 0.859 bits per heavy atom. The number of fused-ring (bicyclic) bond motifs is 15. The molecule has 3 nitrogen and oxygen atoms in total. The van der Waals surface area contributed by atoms with Crippen LogP contribution in [0.4, 0.5) is 0 Å². The van der Waals surface area contributed by atoms with Crippen molar-refractivity contribution >= 4 is 76.3 Å². The first kappa shape index (κ1) is 39.9. The van der Waals surface area contributed by atoms with Gasteiger partial charge in [-0.3, -0.25) is 4.98 Å². The zero-order chi connectivity index (χ0) is 47.0. The fourth-order valence-corrected chi connectivity index (χ4v) is 11.9. The number of aromatic nitrogens is 1. The standard InChI is InChI=1S/C68H43NO2/c1-68(2)61-24-14-13-23-53(61)54-27-25-43(35-62(54)68)44-29-45(48-36-65-66(69-39-48)60-37-56-51-21-11-9-19-49(51)50-20-10-12-22-52(50)57(56)38-64(60)70-65)31-47(30-44)55-33-46(41-17-7-4-8-18-41)34-59-58-32-42(40-15-5-3-6-16-40)26-28-63(58)71-67(55)59/h3-39H,1-2H3. The molecule has 3 heterocycles. The van der Waals surface area contributed by atoms with Crippen LogP contribution in [-0.2, 0) is 5.41 Å². The van der Waals surface area contributed by atoms with Gasteiger partial charge in [-0.2, -0.15) is 0 Å². The Morgan fingerprint density at radius 3 is 1.61 bits per heavy atom. The van der Waals surface area contributed by atoms with E-state index in [1.807, 2.05) is 6.20 Å². The van der Waals surface area contributed by atoms with Gasteiger partial charge < -0.3 is 8.83 Å². The number of pyridine rings is 1. The maximum Gasteiger partial charge on any atom is 0.154 e. The van der Waals surface area contributed by atoms with Crippen LogP contribution in [0, 0.1) is 0 Å². The van der Waals surface area contributed by atoms with Crippen LogP contribution in [-0.4, -0.2) is 4.98 Å². The molecular formula is C68H43NO2. The molecule has 3 aromatic heterocycles. The fourth-order valence-electron chi connectivity index (χ4n) is 11.9. The molecular weight excluding hydrogens is 863 g/mol. The minimum atomic E-state index is -0.148. The van der Waals surface area contributed by atoms with Crippen LogP contribution in [0.25, 0.3) is 143 Å². The lowest BCUT2D eigenvalue weighted by molar-refractivity contribution is 0.660. The van der Waals surface area contributed by atoms with E-state index in [0.29, 0.717) is 0 Å². The van der Waals surface area contributed by atoms with E-state index in [-0.39, 0.29) is 5.41 Å². The van der Waals surface area contributed by atoms with Crippen molar-refractivity contribution in [3.8, 4) is 66.8 Å². The Morgan fingerprint density at radius 1 is 0.296 bits per heavy atom. The third-order valence-electron chi connectivity index (χ3n) is 15.5. The van der Waals surface area contributed by atoms with E-state index >= 15 is 0 Å². The summed E-state index contributed by atoms with van der Waals surface area (Å²) >= 11 is 0. The molecule has 1 aliphatic carbocycles. The van der Waals surface area contributed by atoms with Gasteiger partial charge in [-0.25, -0.2) is 0 Å². The zero-order valence-corrected chi connectivity index (χ0v) is 39.1. The van der Waals surface area contributed by atoms with Crippen LogP contribution in [0.5, 0.6) is 0 Å². The summed E-state index contributed by atoms with van der Waals surface area (Å²) in [7, 11) is 0. The number of hydrogen-bond acceptors (Lipinski definition) is 3. The van der Waals surface area contributed by atoms with Gasteiger partial charge in [-0.15, -0.1) is 0 Å². The smallest absolute Gasteiger partial charge is 0.154 e. The van der Waals surface area contributed by atoms with Gasteiger partial charge in [0.15, 0.2) is 5.58 Å². The molecule has 0 N–H and O–H groups in total. The van der Waals surface area contributed by atoms with E-state index < -0.39 is 0 Å². The normalized spacial score (nSPS) is 13.0. The summed E-state index contributed by atoms with van der Waals surface area (Å²) in [4.78, 5) is 5.24. The quantitative estimate of drug-likeness (QED) is 0.162. The fraction of sp³-hybridized carbons (Fsp3) is 0.0441. The maximum absolute atomic E-state index is 6.98. The van der Waals surface area contributed by atoms with Gasteiger partial charge >= 0.3 is 0 Å². The Balaban J connectivity index is 0.963. The molecule has 14 aromatic rings. The number of furan rings is 2. The molecule has 0 bridgehead atoms. The summed E-state index contributed by atoms with van der Waals surface area (Å²) in [5.41, 5.74) is 20.3. The molecule has 0 unspecified atom stereocenters. The predicted molar refractivity (Wildman–Crippen MR) is 296 cm³/mol. The van der Waals surface area contributed by atoms with Crippen LogP contribution in [0.15, 0.2) is 233 Å². The average Bonchev–Trinajstić information content (AvgIpc) is 4.06. The number of hydrogen-bond donors (Lipinski definition) is 0. The minimum Gasteiger partial charge on any atom is -0.455 e. The minimum absolute atomic E-state index is 0.148. The molecule has 0 amide bonds. The number of nitrogens with zero attached hydrogens (tertiary/aromatic N) is 1. The molecule has 0 radical (unpaired) electrons. The van der Waals surface area contributed by atoms with E-state index in [9.17, 15) is 0 Å². The highest BCUT2D eigenvalue weighted by molar-refractivity contribution is 6.28. The van der Waals surface area contributed by atoms with Crippen molar-refractivity contribution in [3.05, 3.63) is 236 Å². The van der Waals surface area contributed by atoms with E-state index in [4.69, 9.17) is 13.8 Å². The van der Waals surface area contributed by atoms with Crippen molar-refractivity contribution in [1.29, 1.82) is 0 Å². The zero-order valence-electron chi connectivity index (χ0n) is 39.1. The molecule has 0 fully saturated rings. The predicted octanol–water partition coefficient (Wildman–Crippen LogP) is 19.0. The highest BCUT2D eigenvalue weighted by Gasteiger charge is 2.35.